The van der Waals surface area contributed by atoms with Crippen LogP contribution in [0.1, 0.15) is 38.9 Å². The first-order valence-electron chi connectivity index (χ1n) is 5.86. The Morgan fingerprint density at radius 2 is 2.12 bits per heavy atom. The SMILES string of the molecule is CCC(C)n1ccc(CS(=O)(=O)C(C)CN)n1. The van der Waals surface area contributed by atoms with Crippen LogP contribution in [0.2, 0.25) is 0 Å². The minimum atomic E-state index is -3.18. The maximum absolute atomic E-state index is 11.9. The van der Waals surface area contributed by atoms with E-state index < -0.39 is 15.1 Å². The lowest BCUT2D eigenvalue weighted by Crippen LogP contribution is -2.27. The summed E-state index contributed by atoms with van der Waals surface area (Å²) in [6.45, 7) is 5.89. The van der Waals surface area contributed by atoms with Crippen LogP contribution >= 0.6 is 0 Å². The fraction of sp³-hybridized carbons (Fsp3) is 0.727. The third-order valence-corrected chi connectivity index (χ3v) is 5.12. The van der Waals surface area contributed by atoms with E-state index in [1.54, 1.807) is 17.7 Å². The molecule has 1 rings (SSSR count). The Hall–Kier alpha value is -0.880. The number of rotatable bonds is 6. The summed E-state index contributed by atoms with van der Waals surface area (Å²) in [4.78, 5) is 0. The van der Waals surface area contributed by atoms with Crippen molar-refractivity contribution in [2.75, 3.05) is 6.54 Å². The zero-order valence-electron chi connectivity index (χ0n) is 10.6. The first-order chi connectivity index (χ1) is 7.90. The van der Waals surface area contributed by atoms with E-state index in [1.165, 1.54) is 0 Å². The lowest BCUT2D eigenvalue weighted by Gasteiger charge is -2.10. The number of hydrogen-bond donors (Lipinski definition) is 1. The largest absolute Gasteiger partial charge is 0.329 e. The van der Waals surface area contributed by atoms with Crippen molar-refractivity contribution in [2.45, 2.75) is 44.2 Å². The van der Waals surface area contributed by atoms with Crippen molar-refractivity contribution < 1.29 is 8.42 Å². The molecule has 6 heteroatoms. The van der Waals surface area contributed by atoms with Crippen LogP contribution in [0.4, 0.5) is 0 Å². The number of sulfone groups is 1. The van der Waals surface area contributed by atoms with E-state index in [1.807, 2.05) is 13.1 Å². The Labute approximate surface area is 103 Å². The first-order valence-corrected chi connectivity index (χ1v) is 7.58. The van der Waals surface area contributed by atoms with Crippen LogP contribution in [-0.4, -0.2) is 30.0 Å². The first kappa shape index (κ1) is 14.2. The predicted molar refractivity (Wildman–Crippen MR) is 68.4 cm³/mol. The molecule has 98 valence electrons. The van der Waals surface area contributed by atoms with Crippen LogP contribution in [0, 0.1) is 0 Å². The molecule has 0 spiro atoms. The van der Waals surface area contributed by atoms with Crippen molar-refractivity contribution in [2.24, 2.45) is 5.73 Å². The maximum atomic E-state index is 11.9. The lowest BCUT2D eigenvalue weighted by molar-refractivity contribution is 0.474. The van der Waals surface area contributed by atoms with Gasteiger partial charge in [0.1, 0.15) is 0 Å². The Balaban J connectivity index is 2.80. The summed E-state index contributed by atoms with van der Waals surface area (Å²) in [6.07, 6.45) is 2.79. The number of nitrogens with zero attached hydrogens (tertiary/aromatic N) is 2. The Morgan fingerprint density at radius 1 is 1.47 bits per heavy atom. The van der Waals surface area contributed by atoms with Crippen LogP contribution in [0.3, 0.4) is 0 Å². The van der Waals surface area contributed by atoms with Gasteiger partial charge >= 0.3 is 0 Å². The highest BCUT2D eigenvalue weighted by atomic mass is 32.2. The molecule has 1 heterocycles. The van der Waals surface area contributed by atoms with E-state index in [-0.39, 0.29) is 12.3 Å². The fourth-order valence-electron chi connectivity index (χ4n) is 1.38. The van der Waals surface area contributed by atoms with Crippen molar-refractivity contribution in [1.82, 2.24) is 9.78 Å². The van der Waals surface area contributed by atoms with Gasteiger partial charge in [0.25, 0.3) is 0 Å². The van der Waals surface area contributed by atoms with Gasteiger partial charge in [-0.1, -0.05) is 6.92 Å². The molecule has 0 bridgehead atoms. The molecule has 1 aromatic rings. The van der Waals surface area contributed by atoms with Crippen LogP contribution in [0.25, 0.3) is 0 Å². The summed E-state index contributed by atoms with van der Waals surface area (Å²) in [5.41, 5.74) is 5.97. The summed E-state index contributed by atoms with van der Waals surface area (Å²) >= 11 is 0. The number of hydrogen-bond acceptors (Lipinski definition) is 4. The van der Waals surface area contributed by atoms with Crippen LogP contribution < -0.4 is 5.73 Å². The monoisotopic (exact) mass is 259 g/mol. The highest BCUT2D eigenvalue weighted by Crippen LogP contribution is 2.13. The van der Waals surface area contributed by atoms with Gasteiger partial charge < -0.3 is 5.73 Å². The molecule has 2 atom stereocenters. The van der Waals surface area contributed by atoms with Crippen molar-refractivity contribution in [3.05, 3.63) is 18.0 Å². The molecular weight excluding hydrogens is 238 g/mol. The number of aromatic nitrogens is 2. The third-order valence-electron chi connectivity index (χ3n) is 3.00. The molecule has 5 nitrogen and oxygen atoms in total. The van der Waals surface area contributed by atoms with Gasteiger partial charge in [-0.3, -0.25) is 4.68 Å². The molecule has 0 aliphatic rings. The lowest BCUT2D eigenvalue weighted by atomic mass is 10.3. The smallest absolute Gasteiger partial charge is 0.159 e. The molecule has 0 aliphatic carbocycles. The van der Waals surface area contributed by atoms with Gasteiger partial charge in [0.05, 0.1) is 16.7 Å². The second-order valence-corrected chi connectivity index (χ2v) is 6.82. The van der Waals surface area contributed by atoms with Crippen molar-refractivity contribution >= 4 is 9.84 Å². The average Bonchev–Trinajstić information content (AvgIpc) is 2.74. The highest BCUT2D eigenvalue weighted by Gasteiger charge is 2.21. The van der Waals surface area contributed by atoms with Gasteiger partial charge in [-0.2, -0.15) is 5.10 Å². The Morgan fingerprint density at radius 3 is 2.65 bits per heavy atom. The van der Waals surface area contributed by atoms with Crippen molar-refractivity contribution in [1.29, 1.82) is 0 Å². The average molecular weight is 259 g/mol. The van der Waals surface area contributed by atoms with Gasteiger partial charge in [0.15, 0.2) is 9.84 Å². The second kappa shape index (κ2) is 5.64. The summed E-state index contributed by atoms with van der Waals surface area (Å²) in [5, 5.41) is 3.76. The minimum absolute atomic E-state index is 0.0329. The Bertz CT molecular complexity index is 453. The quantitative estimate of drug-likeness (QED) is 0.830. The summed E-state index contributed by atoms with van der Waals surface area (Å²) in [5.74, 6) is -0.0329. The third kappa shape index (κ3) is 3.54. The van der Waals surface area contributed by atoms with Gasteiger partial charge in [0.2, 0.25) is 0 Å². The topological polar surface area (TPSA) is 78.0 Å². The highest BCUT2D eigenvalue weighted by molar-refractivity contribution is 7.91. The van der Waals surface area contributed by atoms with Gasteiger partial charge in [-0.25, -0.2) is 8.42 Å². The normalized spacial score (nSPS) is 15.8. The molecule has 2 unspecified atom stereocenters. The summed E-state index contributed by atoms with van der Waals surface area (Å²) in [7, 11) is -3.18. The van der Waals surface area contributed by atoms with E-state index in [9.17, 15) is 8.42 Å². The van der Waals surface area contributed by atoms with E-state index in [0.29, 0.717) is 11.7 Å². The van der Waals surface area contributed by atoms with E-state index in [0.717, 1.165) is 6.42 Å². The summed E-state index contributed by atoms with van der Waals surface area (Å²) < 4.78 is 25.5. The molecular formula is C11H21N3O2S. The second-order valence-electron chi connectivity index (χ2n) is 4.40. The summed E-state index contributed by atoms with van der Waals surface area (Å²) in [6, 6.07) is 2.05. The molecule has 0 fully saturated rings. The van der Waals surface area contributed by atoms with Crippen LogP contribution in [0.5, 0.6) is 0 Å². The zero-order chi connectivity index (χ0) is 13.1. The molecule has 0 radical (unpaired) electrons. The van der Waals surface area contributed by atoms with Gasteiger partial charge in [-0.05, 0) is 26.3 Å². The zero-order valence-corrected chi connectivity index (χ0v) is 11.4. The number of nitrogens with two attached hydrogens (primary N) is 1. The molecule has 0 saturated carbocycles. The molecule has 0 amide bonds. The van der Waals surface area contributed by atoms with E-state index in [2.05, 4.69) is 12.0 Å². The predicted octanol–water partition coefficient (Wildman–Crippen LogP) is 1.12. The maximum Gasteiger partial charge on any atom is 0.159 e. The van der Waals surface area contributed by atoms with Gasteiger partial charge in [-0.15, -0.1) is 0 Å². The minimum Gasteiger partial charge on any atom is -0.329 e. The van der Waals surface area contributed by atoms with E-state index >= 15 is 0 Å². The van der Waals surface area contributed by atoms with Crippen molar-refractivity contribution in [3.8, 4) is 0 Å². The fourth-order valence-corrected chi connectivity index (χ4v) is 2.53. The van der Waals surface area contributed by atoms with Crippen LogP contribution in [0.15, 0.2) is 12.3 Å². The Kier molecular flexibility index (Phi) is 4.70. The molecule has 1 aromatic heterocycles. The van der Waals surface area contributed by atoms with Gasteiger partial charge in [0, 0.05) is 18.8 Å². The molecule has 0 saturated heterocycles. The molecule has 2 N–H and O–H groups in total. The molecule has 17 heavy (non-hydrogen) atoms. The molecule has 0 aromatic carbocycles. The van der Waals surface area contributed by atoms with Crippen molar-refractivity contribution in [3.63, 3.8) is 0 Å². The van der Waals surface area contributed by atoms with Crippen LogP contribution in [-0.2, 0) is 15.6 Å². The standard InChI is InChI=1S/C11H21N3O2S/c1-4-9(2)14-6-5-11(13-14)8-17(15,16)10(3)7-12/h5-6,9-10H,4,7-8,12H2,1-3H3. The van der Waals surface area contributed by atoms with E-state index in [4.69, 9.17) is 5.73 Å². The molecule has 0 aliphatic heterocycles.